The maximum Gasteiger partial charge on any atom is 0.264 e. The zero-order valence-corrected chi connectivity index (χ0v) is 27.0. The van der Waals surface area contributed by atoms with E-state index < -0.39 is 10.0 Å². The largest absolute Gasteiger partial charge is 0.477 e. The predicted molar refractivity (Wildman–Crippen MR) is 169 cm³/mol. The van der Waals surface area contributed by atoms with Gasteiger partial charge in [0.15, 0.2) is 0 Å². The average molecular weight is 594 g/mol. The first-order valence-corrected chi connectivity index (χ1v) is 16.7. The quantitative estimate of drug-likeness (QED) is 0.267. The normalized spacial score (nSPS) is 19.6. The third-order valence-electron chi connectivity index (χ3n) is 8.79. The molecule has 2 aromatic carbocycles. The number of aryl methyl sites for hydroxylation is 2. The molecule has 228 valence electrons. The molecule has 1 unspecified atom stereocenters. The number of aliphatic hydroxyl groups excluding tert-OH is 1. The van der Waals surface area contributed by atoms with Gasteiger partial charge in [0.2, 0.25) is 11.8 Å². The van der Waals surface area contributed by atoms with E-state index in [1.165, 1.54) is 0 Å². The maximum atomic E-state index is 13.7. The Labute approximate surface area is 252 Å². The van der Waals surface area contributed by atoms with Crippen LogP contribution in [0, 0.1) is 44.4 Å². The molecule has 7 nitrogen and oxygen atoms in total. The van der Waals surface area contributed by atoms with E-state index in [0.717, 1.165) is 53.5 Å². The van der Waals surface area contributed by atoms with Crippen molar-refractivity contribution in [3.8, 4) is 17.1 Å². The van der Waals surface area contributed by atoms with Crippen LogP contribution in [0.5, 0.6) is 5.88 Å². The highest BCUT2D eigenvalue weighted by Crippen LogP contribution is 2.41. The van der Waals surface area contributed by atoms with Gasteiger partial charge in [0.25, 0.3) is 10.0 Å². The van der Waals surface area contributed by atoms with Crippen LogP contribution in [-0.4, -0.2) is 36.7 Å². The van der Waals surface area contributed by atoms with Crippen molar-refractivity contribution in [2.45, 2.75) is 85.0 Å². The molecule has 0 saturated heterocycles. The van der Waals surface area contributed by atoms with Crippen molar-refractivity contribution >= 4 is 16.0 Å². The van der Waals surface area contributed by atoms with E-state index in [1.807, 2.05) is 57.2 Å². The van der Waals surface area contributed by atoms with Crippen molar-refractivity contribution in [3.63, 3.8) is 0 Å². The molecule has 1 aliphatic rings. The Hall–Kier alpha value is -2.97. The number of sulfonamides is 1. The number of aliphatic hydroxyl groups is 1. The topological polar surface area (TPSA) is 101 Å². The highest BCUT2D eigenvalue weighted by Gasteiger charge is 2.32. The van der Waals surface area contributed by atoms with Crippen molar-refractivity contribution in [1.29, 1.82) is 0 Å². The smallest absolute Gasteiger partial charge is 0.264 e. The number of nitrogens with one attached hydrogen (secondary N) is 1. The Morgan fingerprint density at radius 3 is 2.36 bits per heavy atom. The van der Waals surface area contributed by atoms with Crippen LogP contribution in [0.1, 0.15) is 81.5 Å². The van der Waals surface area contributed by atoms with Gasteiger partial charge < -0.3 is 9.84 Å². The van der Waals surface area contributed by atoms with Crippen molar-refractivity contribution < 1.29 is 18.3 Å². The Kier molecular flexibility index (Phi) is 10.3. The summed E-state index contributed by atoms with van der Waals surface area (Å²) in [4.78, 5) is 9.52. The minimum absolute atomic E-state index is 0.000770. The van der Waals surface area contributed by atoms with Crippen LogP contribution in [0.15, 0.2) is 47.4 Å². The molecule has 1 aromatic heterocycles. The molecule has 0 amide bonds. The van der Waals surface area contributed by atoms with Gasteiger partial charge in [-0.3, -0.25) is 0 Å². The van der Waals surface area contributed by atoms with Gasteiger partial charge in [-0.2, -0.15) is 4.98 Å². The van der Waals surface area contributed by atoms with E-state index in [-0.39, 0.29) is 41.1 Å². The van der Waals surface area contributed by atoms with Gasteiger partial charge >= 0.3 is 0 Å². The Morgan fingerprint density at radius 2 is 1.71 bits per heavy atom. The minimum Gasteiger partial charge on any atom is -0.477 e. The molecule has 0 fully saturated rings. The molecular formula is C34H47N3O4S. The second kappa shape index (κ2) is 13.6. The van der Waals surface area contributed by atoms with Crippen LogP contribution in [0.25, 0.3) is 11.3 Å². The first-order chi connectivity index (χ1) is 19.9. The van der Waals surface area contributed by atoms with Gasteiger partial charge in [-0.05, 0) is 92.5 Å². The third-order valence-corrected chi connectivity index (χ3v) is 10.1. The fourth-order valence-electron chi connectivity index (χ4n) is 6.46. The molecular weight excluding hydrogens is 546 g/mol. The highest BCUT2D eigenvalue weighted by atomic mass is 32.2. The van der Waals surface area contributed by atoms with E-state index in [4.69, 9.17) is 9.72 Å². The molecule has 0 radical (unpaired) electrons. The number of nitrogens with zero attached hydrogens (tertiary/aromatic N) is 2. The molecule has 4 bridgehead atoms. The van der Waals surface area contributed by atoms with Crippen LogP contribution in [-0.2, 0) is 10.0 Å². The third kappa shape index (κ3) is 7.14. The lowest BCUT2D eigenvalue weighted by Gasteiger charge is -2.34. The Balaban J connectivity index is 1.87. The van der Waals surface area contributed by atoms with E-state index in [9.17, 15) is 13.5 Å². The highest BCUT2D eigenvalue weighted by molar-refractivity contribution is 7.92. The van der Waals surface area contributed by atoms with Gasteiger partial charge in [0.1, 0.15) is 0 Å². The predicted octanol–water partition coefficient (Wildman–Crippen LogP) is 7.44. The molecule has 42 heavy (non-hydrogen) atoms. The Bertz CT molecular complexity index is 1460. The van der Waals surface area contributed by atoms with Crippen molar-refractivity contribution in [2.24, 2.45) is 23.7 Å². The zero-order valence-electron chi connectivity index (χ0n) is 26.1. The van der Waals surface area contributed by atoms with Crippen LogP contribution in [0.3, 0.4) is 0 Å². The summed E-state index contributed by atoms with van der Waals surface area (Å²) >= 11 is 0. The van der Waals surface area contributed by atoms with Gasteiger partial charge in [0, 0.05) is 23.7 Å². The van der Waals surface area contributed by atoms with Crippen LogP contribution in [0.2, 0.25) is 0 Å². The molecule has 8 heteroatoms. The minimum atomic E-state index is -3.97. The molecule has 0 saturated carbocycles. The Morgan fingerprint density at radius 1 is 1.02 bits per heavy atom. The number of rotatable bonds is 9. The van der Waals surface area contributed by atoms with Gasteiger partial charge in [-0.25, -0.2) is 18.1 Å². The molecule has 2 N–H and O–H groups in total. The van der Waals surface area contributed by atoms with Crippen molar-refractivity contribution in [3.05, 3.63) is 64.7 Å². The molecule has 0 spiro atoms. The van der Waals surface area contributed by atoms with Crippen LogP contribution < -0.4 is 9.46 Å². The van der Waals surface area contributed by atoms with Gasteiger partial charge in [-0.1, -0.05) is 64.4 Å². The lowest BCUT2D eigenvalue weighted by Crippen LogP contribution is -2.28. The maximum absolute atomic E-state index is 13.7. The lowest BCUT2D eigenvalue weighted by molar-refractivity contribution is 0.158. The summed E-state index contributed by atoms with van der Waals surface area (Å²) in [6, 6.07) is 13.4. The first-order valence-electron chi connectivity index (χ1n) is 15.3. The zero-order chi connectivity index (χ0) is 30.6. The first kappa shape index (κ1) is 32.0. The number of hydrogen-bond acceptors (Lipinski definition) is 6. The summed E-state index contributed by atoms with van der Waals surface area (Å²) in [5.41, 5.74) is 5.49. The number of aromatic nitrogens is 2. The fraction of sp³-hybridized carbons (Fsp3) is 0.529. The number of benzene rings is 2. The molecule has 1 aliphatic heterocycles. The monoisotopic (exact) mass is 593 g/mol. The number of anilines is 1. The van der Waals surface area contributed by atoms with Gasteiger partial charge in [-0.15, -0.1) is 0 Å². The molecule has 3 aromatic rings. The number of ether oxygens (including phenoxy) is 1. The van der Waals surface area contributed by atoms with E-state index >= 15 is 0 Å². The summed E-state index contributed by atoms with van der Waals surface area (Å²) in [5, 5.41) is 9.82. The lowest BCUT2D eigenvalue weighted by atomic mass is 9.72. The van der Waals surface area contributed by atoms with E-state index in [1.54, 1.807) is 6.07 Å². The standard InChI is InChI=1S/C34H47N3O4S/c1-8-26(19-38)16-15-24(6)31-27-13-10-14-29(18-27)42(39,40)37-34-35-32(30-22(4)11-9-12-23(30)5)25(7)33(36-34)41-20-28(31)17-21(2)3/h9-14,18,21,24,26,28,31,38H,8,15-17,19-20H2,1-7H3,(H,35,36,37)/t24-,26-,28+,31?/m0/s1. The fourth-order valence-corrected chi connectivity index (χ4v) is 7.46. The van der Waals surface area contributed by atoms with Crippen LogP contribution in [0.4, 0.5) is 5.95 Å². The summed E-state index contributed by atoms with van der Waals surface area (Å²) < 4.78 is 36.7. The number of hydrogen-bond donors (Lipinski definition) is 2. The second-order valence-corrected chi connectivity index (χ2v) is 14.2. The summed E-state index contributed by atoms with van der Waals surface area (Å²) in [6.07, 6.45) is 3.71. The summed E-state index contributed by atoms with van der Waals surface area (Å²) in [5.74, 6) is 1.52. The van der Waals surface area contributed by atoms with E-state index in [2.05, 4.69) is 37.4 Å². The number of fused-ring (bicyclic) bond motifs is 4. The summed E-state index contributed by atoms with van der Waals surface area (Å²) in [6.45, 7) is 15.4. The van der Waals surface area contributed by atoms with Gasteiger partial charge in [0.05, 0.1) is 17.2 Å². The van der Waals surface area contributed by atoms with Crippen LogP contribution >= 0.6 is 0 Å². The molecule has 4 rings (SSSR count). The molecule has 4 atom stereocenters. The van der Waals surface area contributed by atoms with E-state index in [0.29, 0.717) is 24.1 Å². The average Bonchev–Trinajstić information content (AvgIpc) is 2.93. The molecule has 0 aliphatic carbocycles. The molecule has 2 heterocycles. The van der Waals surface area contributed by atoms with Crippen molar-refractivity contribution in [1.82, 2.24) is 9.97 Å². The van der Waals surface area contributed by atoms with Crippen molar-refractivity contribution in [2.75, 3.05) is 17.9 Å². The SMILES string of the molecule is CC[C@H](CO)CC[C@H](C)C1c2cccc(c2)S(=O)(=O)Nc2nc(c(C)c(-c3c(C)cccc3C)n2)OC[C@H]1CC(C)C. The summed E-state index contributed by atoms with van der Waals surface area (Å²) in [7, 11) is -3.97. The second-order valence-electron chi connectivity index (χ2n) is 12.5.